The molecule has 0 radical (unpaired) electrons. The molecule has 6 heterocycles. The fourth-order valence-electron chi connectivity index (χ4n) is 12.0. The van der Waals surface area contributed by atoms with Crippen LogP contribution in [-0.4, -0.2) is 13.4 Å². The normalized spacial score (nSPS) is 13.8. The van der Waals surface area contributed by atoms with Gasteiger partial charge in [-0.25, -0.2) is 0 Å². The Morgan fingerprint density at radius 1 is 0.286 bits per heavy atom. The highest BCUT2D eigenvalue weighted by atomic mass is 32.2. The van der Waals surface area contributed by atoms with Crippen LogP contribution in [0.5, 0.6) is 23.0 Å². The molecule has 0 fully saturated rings. The fourth-order valence-corrected chi connectivity index (χ4v) is 14.4. The lowest BCUT2D eigenvalue weighted by Crippen LogP contribution is -2.61. The zero-order valence-corrected chi connectivity index (χ0v) is 38.7. The molecule has 0 amide bonds. The lowest BCUT2D eigenvalue weighted by molar-refractivity contribution is 0.465. The second kappa shape index (κ2) is 13.8. The van der Waals surface area contributed by atoms with E-state index in [-0.39, 0.29) is 13.4 Å². The van der Waals surface area contributed by atoms with Crippen molar-refractivity contribution in [1.29, 1.82) is 0 Å². The second-order valence-corrected chi connectivity index (χ2v) is 21.2. The maximum absolute atomic E-state index is 7.19. The van der Waals surface area contributed by atoms with Crippen molar-refractivity contribution in [3.63, 3.8) is 0 Å². The summed E-state index contributed by atoms with van der Waals surface area (Å²) in [5, 5.41) is 9.20. The summed E-state index contributed by atoms with van der Waals surface area (Å²) in [5.41, 5.74) is 15.4. The largest absolute Gasteiger partial charge is 0.458 e. The van der Waals surface area contributed by atoms with Crippen molar-refractivity contribution in [3.8, 4) is 45.3 Å². The van der Waals surface area contributed by atoms with Crippen LogP contribution in [0.3, 0.4) is 0 Å². The highest BCUT2D eigenvalue weighted by Gasteiger charge is 2.44. The van der Waals surface area contributed by atoms with Crippen molar-refractivity contribution >= 4 is 135 Å². The number of ether oxygens (including phenoxy) is 2. The average molecular weight is 927 g/mol. The van der Waals surface area contributed by atoms with Crippen LogP contribution in [0.25, 0.3) is 87.7 Å². The van der Waals surface area contributed by atoms with Gasteiger partial charge in [-0.1, -0.05) is 138 Å². The Morgan fingerprint density at radius 2 is 0.714 bits per heavy atom. The SMILES string of the molecule is c1ccc2c(c1)Sc1cc(-c3ccc4oc5cc6ccccc6cc5c4c3)cc3c1B2c1cc2c(cc1O3)Oc1cc(-c3ccc4oc5cc6ccccc6cc5c4c3)cc3c1B2c1ccccc1S3. The Hall–Kier alpha value is -8.03. The van der Waals surface area contributed by atoms with Crippen molar-refractivity contribution in [1.82, 2.24) is 0 Å². The molecule has 17 rings (SSSR count). The summed E-state index contributed by atoms with van der Waals surface area (Å²) in [4.78, 5) is 4.97. The molecule has 8 heteroatoms. The third-order valence-electron chi connectivity index (χ3n) is 15.2. The van der Waals surface area contributed by atoms with E-state index in [1.165, 1.54) is 73.9 Å². The van der Waals surface area contributed by atoms with Crippen LogP contribution in [0.2, 0.25) is 0 Å². The van der Waals surface area contributed by atoms with Crippen molar-refractivity contribution in [3.05, 3.63) is 194 Å². The van der Waals surface area contributed by atoms with E-state index in [0.717, 1.165) is 89.1 Å². The van der Waals surface area contributed by atoms with Crippen LogP contribution in [-0.2, 0) is 0 Å². The zero-order chi connectivity index (χ0) is 45.3. The summed E-state index contributed by atoms with van der Waals surface area (Å²) in [6, 6.07) is 70.5. The van der Waals surface area contributed by atoms with E-state index in [4.69, 9.17) is 18.3 Å². The van der Waals surface area contributed by atoms with Gasteiger partial charge in [-0.05, 0) is 151 Å². The molecule has 11 aromatic carbocycles. The quantitative estimate of drug-likeness (QED) is 0.161. The van der Waals surface area contributed by atoms with E-state index in [1.807, 2.05) is 23.5 Å². The van der Waals surface area contributed by atoms with Gasteiger partial charge in [-0.15, -0.1) is 0 Å². The molecular formula is C62H32B2O4S2. The summed E-state index contributed by atoms with van der Waals surface area (Å²) in [7, 11) is 0. The van der Waals surface area contributed by atoms with Gasteiger partial charge in [-0.2, -0.15) is 0 Å². The molecule has 0 bridgehead atoms. The second-order valence-electron chi connectivity index (χ2n) is 19.1. The van der Waals surface area contributed by atoms with Crippen molar-refractivity contribution in [2.24, 2.45) is 0 Å². The van der Waals surface area contributed by atoms with Gasteiger partial charge in [0.1, 0.15) is 45.3 Å². The molecule has 13 aromatic rings. The topological polar surface area (TPSA) is 44.7 Å². The lowest BCUT2D eigenvalue weighted by Gasteiger charge is -2.37. The van der Waals surface area contributed by atoms with E-state index in [1.54, 1.807) is 0 Å². The Labute approximate surface area is 410 Å². The highest BCUT2D eigenvalue weighted by Crippen LogP contribution is 2.45. The summed E-state index contributed by atoms with van der Waals surface area (Å²) >= 11 is 3.68. The Kier molecular flexibility index (Phi) is 7.48. The maximum Gasteiger partial charge on any atom is 0.253 e. The third kappa shape index (κ3) is 5.32. The average Bonchev–Trinajstić information content (AvgIpc) is 3.94. The highest BCUT2D eigenvalue weighted by molar-refractivity contribution is 8.00. The molecule has 0 aliphatic carbocycles. The molecule has 0 atom stereocenters. The number of hydrogen-bond acceptors (Lipinski definition) is 6. The Balaban J connectivity index is 0.817. The van der Waals surface area contributed by atoms with Crippen LogP contribution >= 0.6 is 23.5 Å². The molecule has 4 aliphatic heterocycles. The molecule has 0 saturated carbocycles. The minimum atomic E-state index is -0.0116. The zero-order valence-electron chi connectivity index (χ0n) is 37.1. The van der Waals surface area contributed by atoms with Gasteiger partial charge in [0, 0.05) is 47.2 Å². The summed E-state index contributed by atoms with van der Waals surface area (Å²) in [6.45, 7) is -0.0232. The van der Waals surface area contributed by atoms with E-state index < -0.39 is 0 Å². The first-order chi connectivity index (χ1) is 34.6. The van der Waals surface area contributed by atoms with Crippen LogP contribution in [0.1, 0.15) is 0 Å². The first kappa shape index (κ1) is 37.9. The minimum absolute atomic E-state index is 0.0116. The predicted octanol–water partition coefficient (Wildman–Crippen LogP) is 13.3. The fraction of sp³-hybridized carbons (Fsp3) is 0. The van der Waals surface area contributed by atoms with Crippen molar-refractivity contribution < 1.29 is 18.3 Å². The van der Waals surface area contributed by atoms with Crippen molar-refractivity contribution in [2.45, 2.75) is 19.6 Å². The monoisotopic (exact) mass is 926 g/mol. The molecule has 0 unspecified atom stereocenters. The molecule has 0 saturated heterocycles. The van der Waals surface area contributed by atoms with E-state index in [2.05, 4.69) is 194 Å². The molecule has 322 valence electrons. The van der Waals surface area contributed by atoms with Gasteiger partial charge in [0.15, 0.2) is 0 Å². The minimum Gasteiger partial charge on any atom is -0.458 e. The maximum atomic E-state index is 7.19. The van der Waals surface area contributed by atoms with E-state index in [9.17, 15) is 0 Å². The molecule has 0 N–H and O–H groups in total. The standard InChI is InChI=1S/C62H32B2O4S2/c1-3-11-35-25-51-43(21-33(35)9-1)41-23-37(17-19-49(41)65-51)39-27-55-61-59(29-39)69-57-15-7-5-13-45(57)63(61)47-31-48-54(32-53(47)67-55)68-56-28-40(30-60-62(56)64(48)46-14-6-8-16-58(46)70-60)38-18-20-50-42(24-38)44-22-34-10-2-4-12-36(34)26-52(44)66-50/h1-32H. The van der Waals surface area contributed by atoms with Gasteiger partial charge in [-0.3, -0.25) is 0 Å². The number of rotatable bonds is 2. The van der Waals surface area contributed by atoms with Crippen molar-refractivity contribution in [2.75, 3.05) is 0 Å². The van der Waals surface area contributed by atoms with Crippen LogP contribution in [0.15, 0.2) is 223 Å². The van der Waals surface area contributed by atoms with Gasteiger partial charge in [0.2, 0.25) is 0 Å². The molecule has 4 aliphatic rings. The number of fused-ring (bicyclic) bond motifs is 16. The first-order valence-electron chi connectivity index (χ1n) is 23.7. The molecule has 2 aromatic heterocycles. The summed E-state index contributed by atoms with van der Waals surface area (Å²) in [6.07, 6.45) is 0. The molecule has 0 spiro atoms. The van der Waals surface area contributed by atoms with E-state index >= 15 is 0 Å². The third-order valence-corrected chi connectivity index (χ3v) is 17.5. The summed E-state index contributed by atoms with van der Waals surface area (Å²) in [5.74, 6) is 3.41. The smallest absolute Gasteiger partial charge is 0.253 e. The number of benzene rings is 11. The Bertz CT molecular complexity index is 4250. The van der Waals surface area contributed by atoms with Crippen LogP contribution in [0.4, 0.5) is 0 Å². The molecule has 4 nitrogen and oxygen atoms in total. The Morgan fingerprint density at radius 3 is 1.20 bits per heavy atom. The molecule has 70 heavy (non-hydrogen) atoms. The van der Waals surface area contributed by atoms with Crippen LogP contribution < -0.4 is 42.3 Å². The van der Waals surface area contributed by atoms with E-state index in [0.29, 0.717) is 0 Å². The van der Waals surface area contributed by atoms with Gasteiger partial charge >= 0.3 is 0 Å². The van der Waals surface area contributed by atoms with Gasteiger partial charge < -0.3 is 18.3 Å². The van der Waals surface area contributed by atoms with Gasteiger partial charge in [0.05, 0.1) is 0 Å². The van der Waals surface area contributed by atoms with Crippen LogP contribution in [0, 0.1) is 0 Å². The first-order valence-corrected chi connectivity index (χ1v) is 25.4. The lowest BCUT2D eigenvalue weighted by atomic mass is 9.32. The summed E-state index contributed by atoms with van der Waals surface area (Å²) < 4.78 is 27.2. The van der Waals surface area contributed by atoms with Gasteiger partial charge in [0.25, 0.3) is 13.4 Å². The predicted molar refractivity (Wildman–Crippen MR) is 290 cm³/mol. The molecular weight excluding hydrogens is 894 g/mol. The number of hydrogen-bond donors (Lipinski definition) is 0. The number of furan rings is 2.